The van der Waals surface area contributed by atoms with Crippen LogP contribution in [0.1, 0.15) is 13.8 Å². The standard InChI is InChI=1S/C17H18N2O4S2/c1-3-19-15-10-9-14(11-16(15)24-17(19)20)25(21,22)18-12-5-7-13(8-6-12)23-4-2/h5-11,18H,3-4H2,1-2H3. The fraction of sp³-hybridized carbons (Fsp3) is 0.235. The molecule has 0 aliphatic heterocycles. The van der Waals surface area contributed by atoms with Crippen molar-refractivity contribution >= 4 is 37.3 Å². The average Bonchev–Trinajstić information content (AvgIpc) is 2.90. The molecule has 0 amide bonds. The van der Waals surface area contributed by atoms with Crippen molar-refractivity contribution in [2.75, 3.05) is 11.3 Å². The topological polar surface area (TPSA) is 77.4 Å². The largest absolute Gasteiger partial charge is 0.494 e. The van der Waals surface area contributed by atoms with Crippen molar-refractivity contribution in [3.05, 3.63) is 52.1 Å². The molecule has 0 unspecified atom stereocenters. The van der Waals surface area contributed by atoms with Crippen LogP contribution in [0.4, 0.5) is 5.69 Å². The van der Waals surface area contributed by atoms with Crippen molar-refractivity contribution < 1.29 is 13.2 Å². The van der Waals surface area contributed by atoms with Gasteiger partial charge in [0.05, 0.1) is 21.7 Å². The highest BCUT2D eigenvalue weighted by Crippen LogP contribution is 2.24. The molecular formula is C17H18N2O4S2. The predicted octanol–water partition coefficient (Wildman–Crippen LogP) is 3.28. The average molecular weight is 378 g/mol. The summed E-state index contributed by atoms with van der Waals surface area (Å²) < 4.78 is 35.3. The van der Waals surface area contributed by atoms with Gasteiger partial charge in [0, 0.05) is 12.2 Å². The maximum atomic E-state index is 12.6. The van der Waals surface area contributed by atoms with Gasteiger partial charge < -0.3 is 4.74 Å². The zero-order valence-electron chi connectivity index (χ0n) is 13.9. The van der Waals surface area contributed by atoms with Crippen molar-refractivity contribution in [3.8, 4) is 5.75 Å². The monoisotopic (exact) mass is 378 g/mol. The third-order valence-corrected chi connectivity index (χ3v) is 6.00. The molecule has 6 nitrogen and oxygen atoms in total. The van der Waals surface area contributed by atoms with Crippen molar-refractivity contribution in [3.63, 3.8) is 0 Å². The van der Waals surface area contributed by atoms with E-state index in [0.29, 0.717) is 29.3 Å². The van der Waals surface area contributed by atoms with E-state index in [-0.39, 0.29) is 9.77 Å². The number of aryl methyl sites for hydroxylation is 1. The SMILES string of the molecule is CCOc1ccc(NS(=O)(=O)c2ccc3c(c2)sc(=O)n3CC)cc1. The zero-order valence-corrected chi connectivity index (χ0v) is 15.5. The predicted molar refractivity (Wildman–Crippen MR) is 100 cm³/mol. The molecular weight excluding hydrogens is 360 g/mol. The van der Waals surface area contributed by atoms with E-state index < -0.39 is 10.0 Å². The van der Waals surface area contributed by atoms with Crippen LogP contribution in [-0.2, 0) is 16.6 Å². The molecule has 0 saturated heterocycles. The summed E-state index contributed by atoms with van der Waals surface area (Å²) in [5.74, 6) is 0.678. The summed E-state index contributed by atoms with van der Waals surface area (Å²) in [6.45, 7) is 4.86. The highest BCUT2D eigenvalue weighted by atomic mass is 32.2. The van der Waals surface area contributed by atoms with Gasteiger partial charge in [-0.05, 0) is 56.3 Å². The number of fused-ring (bicyclic) bond motifs is 1. The fourth-order valence-electron chi connectivity index (χ4n) is 2.51. The van der Waals surface area contributed by atoms with Gasteiger partial charge in [0.2, 0.25) is 0 Å². The Hall–Kier alpha value is -2.32. The molecule has 2 aromatic carbocycles. The number of nitrogens with zero attached hydrogens (tertiary/aromatic N) is 1. The molecule has 0 radical (unpaired) electrons. The quantitative estimate of drug-likeness (QED) is 0.714. The molecule has 0 atom stereocenters. The van der Waals surface area contributed by atoms with Gasteiger partial charge in [-0.15, -0.1) is 0 Å². The number of rotatable bonds is 6. The van der Waals surface area contributed by atoms with Crippen LogP contribution in [0.5, 0.6) is 5.75 Å². The highest BCUT2D eigenvalue weighted by Gasteiger charge is 2.16. The number of hydrogen-bond donors (Lipinski definition) is 1. The van der Waals surface area contributed by atoms with Crippen molar-refractivity contribution in [2.24, 2.45) is 0 Å². The molecule has 8 heteroatoms. The van der Waals surface area contributed by atoms with Gasteiger partial charge >= 0.3 is 4.87 Å². The lowest BCUT2D eigenvalue weighted by atomic mass is 10.3. The molecule has 0 fully saturated rings. The molecule has 3 rings (SSSR count). The number of aromatic nitrogens is 1. The number of ether oxygens (including phenoxy) is 1. The van der Waals surface area contributed by atoms with Crippen molar-refractivity contribution in [1.29, 1.82) is 0 Å². The van der Waals surface area contributed by atoms with Gasteiger partial charge in [-0.2, -0.15) is 0 Å². The minimum Gasteiger partial charge on any atom is -0.494 e. The van der Waals surface area contributed by atoms with Gasteiger partial charge in [0.1, 0.15) is 5.75 Å². The molecule has 132 valence electrons. The Bertz CT molecular complexity index is 1050. The number of hydrogen-bond acceptors (Lipinski definition) is 5. The van der Waals surface area contributed by atoms with E-state index >= 15 is 0 Å². The third-order valence-electron chi connectivity index (χ3n) is 3.68. The second-order valence-electron chi connectivity index (χ2n) is 5.30. The summed E-state index contributed by atoms with van der Waals surface area (Å²) in [5.41, 5.74) is 1.19. The number of benzene rings is 2. The first kappa shape index (κ1) is 17.5. The van der Waals surface area contributed by atoms with Gasteiger partial charge in [0.15, 0.2) is 0 Å². The Kier molecular flexibility index (Phi) is 4.82. The first-order valence-electron chi connectivity index (χ1n) is 7.83. The smallest absolute Gasteiger partial charge is 0.308 e. The molecule has 0 spiro atoms. The molecule has 3 aromatic rings. The summed E-state index contributed by atoms with van der Waals surface area (Å²) in [4.78, 5) is 11.9. The lowest BCUT2D eigenvalue weighted by Gasteiger charge is -2.09. The molecule has 1 heterocycles. The molecule has 0 saturated carbocycles. The van der Waals surface area contributed by atoms with E-state index in [1.54, 1.807) is 34.9 Å². The molecule has 1 aromatic heterocycles. The lowest BCUT2D eigenvalue weighted by Crippen LogP contribution is -2.13. The van der Waals surface area contributed by atoms with Crippen LogP contribution in [0, 0.1) is 0 Å². The van der Waals surface area contributed by atoms with Gasteiger partial charge in [-0.3, -0.25) is 14.1 Å². The van der Waals surface area contributed by atoms with E-state index in [1.807, 2.05) is 13.8 Å². The first-order chi connectivity index (χ1) is 11.9. The molecule has 0 aliphatic rings. The fourth-order valence-corrected chi connectivity index (χ4v) is 4.67. The lowest BCUT2D eigenvalue weighted by molar-refractivity contribution is 0.340. The van der Waals surface area contributed by atoms with Crippen molar-refractivity contribution in [1.82, 2.24) is 4.57 Å². The Morgan fingerprint density at radius 2 is 1.84 bits per heavy atom. The van der Waals surface area contributed by atoms with Crippen LogP contribution >= 0.6 is 11.3 Å². The van der Waals surface area contributed by atoms with Gasteiger partial charge in [0.25, 0.3) is 10.0 Å². The molecule has 25 heavy (non-hydrogen) atoms. The van der Waals surface area contributed by atoms with E-state index in [2.05, 4.69) is 4.72 Å². The van der Waals surface area contributed by atoms with Crippen LogP contribution in [0.3, 0.4) is 0 Å². The van der Waals surface area contributed by atoms with Gasteiger partial charge in [-0.25, -0.2) is 8.42 Å². The Balaban J connectivity index is 1.91. The normalized spacial score (nSPS) is 11.6. The highest BCUT2D eigenvalue weighted by molar-refractivity contribution is 7.92. The van der Waals surface area contributed by atoms with Crippen LogP contribution < -0.4 is 14.3 Å². The van der Waals surface area contributed by atoms with Crippen LogP contribution in [0.15, 0.2) is 52.2 Å². The third kappa shape index (κ3) is 3.54. The number of sulfonamides is 1. The van der Waals surface area contributed by atoms with Crippen LogP contribution in [0.2, 0.25) is 0 Å². The summed E-state index contributed by atoms with van der Waals surface area (Å²) >= 11 is 1.05. The maximum absolute atomic E-state index is 12.6. The first-order valence-corrected chi connectivity index (χ1v) is 10.1. The van der Waals surface area contributed by atoms with Crippen LogP contribution in [-0.4, -0.2) is 19.6 Å². The molecule has 0 aliphatic carbocycles. The summed E-state index contributed by atoms with van der Waals surface area (Å²) in [6.07, 6.45) is 0. The summed E-state index contributed by atoms with van der Waals surface area (Å²) in [6, 6.07) is 11.4. The minimum absolute atomic E-state index is 0.0912. The zero-order chi connectivity index (χ0) is 18.0. The van der Waals surface area contributed by atoms with E-state index in [0.717, 1.165) is 16.9 Å². The summed E-state index contributed by atoms with van der Waals surface area (Å²) in [5, 5.41) is 0. The van der Waals surface area contributed by atoms with E-state index in [4.69, 9.17) is 4.74 Å². The molecule has 1 N–H and O–H groups in total. The Morgan fingerprint density at radius 3 is 2.48 bits per heavy atom. The number of thiazole rings is 1. The molecule has 0 bridgehead atoms. The van der Waals surface area contributed by atoms with E-state index in [9.17, 15) is 13.2 Å². The van der Waals surface area contributed by atoms with Gasteiger partial charge in [-0.1, -0.05) is 11.3 Å². The van der Waals surface area contributed by atoms with E-state index in [1.165, 1.54) is 12.1 Å². The Morgan fingerprint density at radius 1 is 1.12 bits per heavy atom. The summed E-state index contributed by atoms with van der Waals surface area (Å²) in [7, 11) is -3.74. The van der Waals surface area contributed by atoms with Crippen LogP contribution in [0.25, 0.3) is 10.2 Å². The second kappa shape index (κ2) is 6.89. The second-order valence-corrected chi connectivity index (χ2v) is 7.98. The number of nitrogens with one attached hydrogen (secondary N) is 1. The Labute approximate surface area is 149 Å². The number of anilines is 1. The van der Waals surface area contributed by atoms with Crippen molar-refractivity contribution in [2.45, 2.75) is 25.3 Å². The minimum atomic E-state index is -3.74. The maximum Gasteiger partial charge on any atom is 0.308 e.